The van der Waals surface area contributed by atoms with Crippen LogP contribution in [-0.2, 0) is 13.1 Å². The van der Waals surface area contributed by atoms with Crippen molar-refractivity contribution < 1.29 is 4.79 Å². The molecule has 6 nitrogen and oxygen atoms in total. The fraction of sp³-hybridized carbons (Fsp3) is 0.316. The Hall–Kier alpha value is -2.89. The highest BCUT2D eigenvalue weighted by molar-refractivity contribution is 6.02. The summed E-state index contributed by atoms with van der Waals surface area (Å²) in [6, 6.07) is 9.38. The lowest BCUT2D eigenvalue weighted by Crippen LogP contribution is -2.19. The van der Waals surface area contributed by atoms with Crippen molar-refractivity contribution in [3.63, 3.8) is 0 Å². The number of rotatable bonds is 5. The summed E-state index contributed by atoms with van der Waals surface area (Å²) in [5.74, 6) is 0.394. The molecule has 0 fully saturated rings. The highest BCUT2D eigenvalue weighted by atomic mass is 16.2. The van der Waals surface area contributed by atoms with Crippen molar-refractivity contribution in [1.29, 1.82) is 0 Å². The molecule has 0 atom stereocenters. The van der Waals surface area contributed by atoms with E-state index in [2.05, 4.69) is 36.2 Å². The van der Waals surface area contributed by atoms with Crippen LogP contribution in [0.4, 0.5) is 5.82 Å². The number of pyridine rings is 1. The second-order valence-corrected chi connectivity index (χ2v) is 7.29. The molecule has 0 aliphatic rings. The molecule has 0 aromatic carbocycles. The summed E-state index contributed by atoms with van der Waals surface area (Å²) in [6.45, 7) is 7.87. The Morgan fingerprint density at radius 2 is 1.88 bits per heavy atom. The first-order valence-corrected chi connectivity index (χ1v) is 8.30. The third-order valence-corrected chi connectivity index (χ3v) is 3.68. The predicted octanol–water partition coefficient (Wildman–Crippen LogP) is 3.43. The van der Waals surface area contributed by atoms with Crippen molar-refractivity contribution >= 4 is 11.7 Å². The first-order chi connectivity index (χ1) is 11.9. The lowest BCUT2D eigenvalue weighted by atomic mass is 9.97. The maximum atomic E-state index is 12.6. The third-order valence-electron chi connectivity index (χ3n) is 3.68. The lowest BCUT2D eigenvalue weighted by molar-refractivity contribution is 0.101. The van der Waals surface area contributed by atoms with Crippen LogP contribution in [0.2, 0.25) is 0 Å². The van der Waals surface area contributed by atoms with Crippen molar-refractivity contribution in [2.24, 2.45) is 5.41 Å². The van der Waals surface area contributed by atoms with E-state index >= 15 is 0 Å². The monoisotopic (exact) mass is 337 g/mol. The standard InChI is InChI=1S/C19H23N5O/c1-19(2,3)14-24-12-8-17(22-24)21-18(25)16-5-4-11-23(16)13-15-6-9-20-10-7-15/h4-12H,13-14H2,1-3H3,(H,21,22,25). The molecule has 3 rings (SSSR count). The summed E-state index contributed by atoms with van der Waals surface area (Å²) in [7, 11) is 0. The number of nitrogens with zero attached hydrogens (tertiary/aromatic N) is 4. The lowest BCUT2D eigenvalue weighted by Gasteiger charge is -2.17. The molecular formula is C19H23N5O. The van der Waals surface area contributed by atoms with Crippen LogP contribution in [0, 0.1) is 5.41 Å². The Morgan fingerprint density at radius 3 is 2.60 bits per heavy atom. The van der Waals surface area contributed by atoms with Gasteiger partial charge in [-0.25, -0.2) is 0 Å². The van der Waals surface area contributed by atoms with Crippen molar-refractivity contribution in [3.05, 3.63) is 66.4 Å². The van der Waals surface area contributed by atoms with Crippen LogP contribution in [0.1, 0.15) is 36.8 Å². The second kappa shape index (κ2) is 6.93. The maximum absolute atomic E-state index is 12.6. The van der Waals surface area contributed by atoms with Gasteiger partial charge in [0.15, 0.2) is 5.82 Å². The highest BCUT2D eigenvalue weighted by Crippen LogP contribution is 2.17. The molecule has 0 saturated heterocycles. The molecule has 130 valence electrons. The largest absolute Gasteiger partial charge is 0.339 e. The number of carbonyl (C=O) groups excluding carboxylic acids is 1. The topological polar surface area (TPSA) is 64.7 Å². The third kappa shape index (κ3) is 4.56. The van der Waals surface area contributed by atoms with E-state index in [4.69, 9.17) is 0 Å². The van der Waals surface area contributed by atoms with E-state index in [1.165, 1.54) is 0 Å². The molecular weight excluding hydrogens is 314 g/mol. The summed E-state index contributed by atoms with van der Waals surface area (Å²) in [6.07, 6.45) is 7.28. The van der Waals surface area contributed by atoms with Crippen LogP contribution in [0.3, 0.4) is 0 Å². The SMILES string of the molecule is CC(C)(C)Cn1ccc(NC(=O)c2cccn2Cc2ccncc2)n1. The normalized spacial score (nSPS) is 11.5. The number of hydrogen-bond acceptors (Lipinski definition) is 3. The van der Waals surface area contributed by atoms with Gasteiger partial charge in [0.25, 0.3) is 5.91 Å². The van der Waals surface area contributed by atoms with E-state index in [1.54, 1.807) is 12.4 Å². The smallest absolute Gasteiger partial charge is 0.273 e. The Morgan fingerprint density at radius 1 is 1.12 bits per heavy atom. The molecule has 0 radical (unpaired) electrons. The Bertz CT molecular complexity index is 842. The summed E-state index contributed by atoms with van der Waals surface area (Å²) < 4.78 is 3.77. The number of aromatic nitrogens is 4. The number of hydrogen-bond donors (Lipinski definition) is 1. The first-order valence-electron chi connectivity index (χ1n) is 8.30. The van der Waals surface area contributed by atoms with Crippen LogP contribution >= 0.6 is 0 Å². The molecule has 0 unspecified atom stereocenters. The zero-order valence-corrected chi connectivity index (χ0v) is 14.8. The van der Waals surface area contributed by atoms with Crippen molar-refractivity contribution in [2.45, 2.75) is 33.9 Å². The number of nitrogens with one attached hydrogen (secondary N) is 1. The van der Waals surface area contributed by atoms with Gasteiger partial charge >= 0.3 is 0 Å². The minimum absolute atomic E-state index is 0.131. The first kappa shape index (κ1) is 17.0. The van der Waals surface area contributed by atoms with E-state index in [1.807, 2.05) is 52.0 Å². The summed E-state index contributed by atoms with van der Waals surface area (Å²) in [4.78, 5) is 16.6. The molecule has 0 aliphatic heterocycles. The summed E-state index contributed by atoms with van der Waals surface area (Å²) in [5.41, 5.74) is 1.82. The van der Waals surface area contributed by atoms with Gasteiger partial charge in [0, 0.05) is 43.9 Å². The molecule has 0 spiro atoms. The fourth-order valence-electron chi connectivity index (χ4n) is 2.63. The van der Waals surface area contributed by atoms with Crippen molar-refractivity contribution in [3.8, 4) is 0 Å². The minimum Gasteiger partial charge on any atom is -0.339 e. The van der Waals surface area contributed by atoms with Crippen LogP contribution in [0.25, 0.3) is 0 Å². The fourth-order valence-corrected chi connectivity index (χ4v) is 2.63. The molecule has 3 aromatic heterocycles. The van der Waals surface area contributed by atoms with Gasteiger partial charge in [-0.2, -0.15) is 5.10 Å². The van der Waals surface area contributed by atoms with Crippen LogP contribution < -0.4 is 5.32 Å². The second-order valence-electron chi connectivity index (χ2n) is 7.29. The Labute approximate surface area is 147 Å². The zero-order valence-electron chi connectivity index (χ0n) is 14.8. The Kier molecular flexibility index (Phi) is 4.70. The van der Waals surface area contributed by atoms with E-state index in [9.17, 15) is 4.79 Å². The van der Waals surface area contributed by atoms with E-state index < -0.39 is 0 Å². The average Bonchev–Trinajstić information content (AvgIpc) is 3.16. The molecule has 3 aromatic rings. The summed E-state index contributed by atoms with van der Waals surface area (Å²) >= 11 is 0. The van der Waals surface area contributed by atoms with Gasteiger partial charge < -0.3 is 9.88 Å². The van der Waals surface area contributed by atoms with Gasteiger partial charge in [-0.15, -0.1) is 0 Å². The van der Waals surface area contributed by atoms with Crippen molar-refractivity contribution in [2.75, 3.05) is 5.32 Å². The highest BCUT2D eigenvalue weighted by Gasteiger charge is 2.15. The van der Waals surface area contributed by atoms with Crippen molar-refractivity contribution in [1.82, 2.24) is 19.3 Å². The van der Waals surface area contributed by atoms with Gasteiger partial charge in [0.05, 0.1) is 0 Å². The molecule has 6 heteroatoms. The molecule has 3 heterocycles. The van der Waals surface area contributed by atoms with E-state index in [0.717, 1.165) is 12.1 Å². The Balaban J connectivity index is 1.69. The quantitative estimate of drug-likeness (QED) is 0.776. The molecule has 1 N–H and O–H groups in total. The van der Waals surface area contributed by atoms with Gasteiger partial charge in [-0.05, 0) is 35.2 Å². The van der Waals surface area contributed by atoms with E-state index in [-0.39, 0.29) is 11.3 Å². The molecule has 1 amide bonds. The van der Waals surface area contributed by atoms with Gasteiger partial charge in [0.1, 0.15) is 5.69 Å². The number of amides is 1. The summed E-state index contributed by atoms with van der Waals surface area (Å²) in [5, 5.41) is 7.30. The van der Waals surface area contributed by atoms with Gasteiger partial charge in [0.2, 0.25) is 0 Å². The predicted molar refractivity (Wildman–Crippen MR) is 97.4 cm³/mol. The molecule has 0 bridgehead atoms. The number of anilines is 1. The zero-order chi connectivity index (χ0) is 17.9. The van der Waals surface area contributed by atoms with E-state index in [0.29, 0.717) is 18.1 Å². The van der Waals surface area contributed by atoms with Gasteiger partial charge in [-0.1, -0.05) is 20.8 Å². The van der Waals surface area contributed by atoms with Gasteiger partial charge in [-0.3, -0.25) is 14.5 Å². The van der Waals surface area contributed by atoms with Crippen LogP contribution in [0.15, 0.2) is 55.1 Å². The molecule has 0 saturated carbocycles. The number of carbonyl (C=O) groups is 1. The van der Waals surface area contributed by atoms with Crippen LogP contribution in [-0.4, -0.2) is 25.2 Å². The minimum atomic E-state index is -0.167. The average molecular weight is 337 g/mol. The maximum Gasteiger partial charge on any atom is 0.273 e. The molecule has 25 heavy (non-hydrogen) atoms. The molecule has 0 aliphatic carbocycles. The van der Waals surface area contributed by atoms with Crippen LogP contribution in [0.5, 0.6) is 0 Å².